The Bertz CT molecular complexity index is 807. The molecule has 0 saturated heterocycles. The number of benzene rings is 1. The molecule has 134 valence electrons. The average Bonchev–Trinajstić information content (AvgIpc) is 3.19. The summed E-state index contributed by atoms with van der Waals surface area (Å²) in [5, 5.41) is 26.8. The summed E-state index contributed by atoms with van der Waals surface area (Å²) in [5.41, 5.74) is 3.73. The van der Waals surface area contributed by atoms with E-state index in [4.69, 9.17) is 9.47 Å². The summed E-state index contributed by atoms with van der Waals surface area (Å²) >= 11 is 0. The fourth-order valence-corrected chi connectivity index (χ4v) is 3.63. The van der Waals surface area contributed by atoms with Gasteiger partial charge in [-0.1, -0.05) is 0 Å². The van der Waals surface area contributed by atoms with E-state index in [1.165, 1.54) is 12.1 Å². The van der Waals surface area contributed by atoms with Crippen molar-refractivity contribution in [1.29, 1.82) is 0 Å². The van der Waals surface area contributed by atoms with Crippen molar-refractivity contribution in [2.45, 2.75) is 0 Å². The van der Waals surface area contributed by atoms with Crippen LogP contribution in [0.2, 0.25) is 0 Å². The molecule has 0 aromatic heterocycles. The molecule has 2 heterocycles. The largest absolute Gasteiger partial charge is 0.483 e. The van der Waals surface area contributed by atoms with Crippen LogP contribution in [0.15, 0.2) is 38.6 Å². The van der Waals surface area contributed by atoms with Crippen molar-refractivity contribution in [2.75, 3.05) is 25.7 Å². The lowest BCUT2D eigenvalue weighted by atomic mass is 10.2. The van der Waals surface area contributed by atoms with E-state index in [2.05, 4.69) is 20.4 Å². The Kier molecular flexibility index (Phi) is 5.39. The molecule has 2 aliphatic heterocycles. The maximum Gasteiger partial charge on any atom is 0.335 e. The molecule has 2 unspecified atom stereocenters. The highest BCUT2D eigenvalue weighted by atomic mass is 32.2. The Morgan fingerprint density at radius 3 is 2.04 bits per heavy atom. The van der Waals surface area contributed by atoms with Gasteiger partial charge in [0.05, 0.1) is 16.7 Å². The lowest BCUT2D eigenvalue weighted by Gasteiger charge is -2.16. The number of carboxylic acid groups (broad SMARTS) is 1. The Morgan fingerprint density at radius 2 is 1.56 bits per heavy atom. The topological polar surface area (TPSA) is 105 Å². The minimum atomic E-state index is -1.03. The van der Waals surface area contributed by atoms with E-state index in [9.17, 15) is 9.90 Å². The molecule has 0 aliphatic carbocycles. The number of nitrogens with zero attached hydrogens (tertiary/aromatic N) is 4. The summed E-state index contributed by atoms with van der Waals surface area (Å²) < 4.78 is 11.6. The SMILES string of the molecule is C[SH]1C=NN=C1COc1ccc(C(=O)O)cc1OCC1=NN=C[SH]1C. The van der Waals surface area contributed by atoms with Gasteiger partial charge >= 0.3 is 5.97 Å². The third-order valence-corrected chi connectivity index (χ3v) is 6.48. The molecule has 0 fully saturated rings. The van der Waals surface area contributed by atoms with E-state index in [-0.39, 0.29) is 18.8 Å². The Hall–Kier alpha value is -2.33. The lowest BCUT2D eigenvalue weighted by molar-refractivity contribution is 0.0696. The second kappa shape index (κ2) is 7.70. The van der Waals surface area contributed by atoms with Gasteiger partial charge in [-0.3, -0.25) is 0 Å². The lowest BCUT2D eigenvalue weighted by Crippen LogP contribution is -2.13. The maximum absolute atomic E-state index is 11.2. The first-order chi connectivity index (χ1) is 12.0. The summed E-state index contributed by atoms with van der Waals surface area (Å²) in [6, 6.07) is 4.53. The first-order valence-corrected chi connectivity index (χ1v) is 11.0. The van der Waals surface area contributed by atoms with Crippen LogP contribution in [-0.4, -0.2) is 58.0 Å². The molecule has 8 nitrogen and oxygen atoms in total. The van der Waals surface area contributed by atoms with Gasteiger partial charge in [0.1, 0.15) is 23.3 Å². The van der Waals surface area contributed by atoms with Gasteiger partial charge in [-0.25, -0.2) is 4.79 Å². The molecule has 25 heavy (non-hydrogen) atoms. The molecular weight excluding hydrogens is 364 g/mol. The van der Waals surface area contributed by atoms with Crippen LogP contribution in [0.5, 0.6) is 11.5 Å². The first-order valence-electron chi connectivity index (χ1n) is 7.33. The van der Waals surface area contributed by atoms with E-state index >= 15 is 0 Å². The molecule has 0 bridgehead atoms. The summed E-state index contributed by atoms with van der Waals surface area (Å²) in [6.45, 7) is 0.529. The average molecular weight is 382 g/mol. The van der Waals surface area contributed by atoms with Crippen LogP contribution >= 0.6 is 21.8 Å². The van der Waals surface area contributed by atoms with Gasteiger partial charge in [-0.05, 0) is 30.7 Å². The number of aromatic carboxylic acids is 1. The van der Waals surface area contributed by atoms with Crippen molar-refractivity contribution in [3.05, 3.63) is 23.8 Å². The minimum Gasteiger partial charge on any atom is -0.483 e. The van der Waals surface area contributed by atoms with Gasteiger partial charge in [-0.2, -0.15) is 32.0 Å². The van der Waals surface area contributed by atoms with Crippen molar-refractivity contribution in [3.8, 4) is 11.5 Å². The minimum absolute atomic E-state index is 0.130. The van der Waals surface area contributed by atoms with Crippen LogP contribution in [0.1, 0.15) is 10.4 Å². The highest BCUT2D eigenvalue weighted by molar-refractivity contribution is 8.40. The highest BCUT2D eigenvalue weighted by Crippen LogP contribution is 2.32. The van der Waals surface area contributed by atoms with E-state index in [1.54, 1.807) is 17.2 Å². The molecule has 2 aliphatic rings. The first kappa shape index (κ1) is 17.5. The number of thiol groups is 2. The summed E-state index contributed by atoms with van der Waals surface area (Å²) in [7, 11) is -1.04. The van der Waals surface area contributed by atoms with Crippen molar-refractivity contribution in [2.24, 2.45) is 20.4 Å². The number of hydrogen-bond acceptors (Lipinski definition) is 7. The Morgan fingerprint density at radius 1 is 1.00 bits per heavy atom. The zero-order valence-corrected chi connectivity index (χ0v) is 15.4. The standard InChI is InChI=1S/C15H18N4O4S2/c1-24-8-16-18-13(24)6-22-11-4-3-10(15(20)21)5-12(11)23-7-14-19-17-9-25(14)2/h3-5,8-9,24-25H,6-7H2,1-2H3,(H,20,21). The molecule has 1 aromatic carbocycles. The van der Waals surface area contributed by atoms with Crippen molar-refractivity contribution in [3.63, 3.8) is 0 Å². The second-order valence-electron chi connectivity index (χ2n) is 5.26. The summed E-state index contributed by atoms with van der Waals surface area (Å²) in [4.78, 5) is 11.2. The van der Waals surface area contributed by atoms with Crippen LogP contribution in [0, 0.1) is 0 Å². The van der Waals surface area contributed by atoms with Gasteiger partial charge in [0.15, 0.2) is 11.5 Å². The Balaban J connectivity index is 1.73. The van der Waals surface area contributed by atoms with E-state index in [0.717, 1.165) is 10.1 Å². The molecule has 2 atom stereocenters. The summed E-state index contributed by atoms with van der Waals surface area (Å²) in [6.07, 6.45) is 4.07. The van der Waals surface area contributed by atoms with Crippen LogP contribution in [0.25, 0.3) is 0 Å². The molecule has 0 radical (unpaired) electrons. The Labute approximate surface area is 150 Å². The molecule has 0 spiro atoms. The third-order valence-electron chi connectivity index (χ3n) is 3.51. The third kappa shape index (κ3) is 4.20. The van der Waals surface area contributed by atoms with Gasteiger partial charge in [-0.15, -0.1) is 10.2 Å². The number of rotatable bonds is 7. The summed E-state index contributed by atoms with van der Waals surface area (Å²) in [5.74, 6) is -0.206. The van der Waals surface area contributed by atoms with Crippen molar-refractivity contribution < 1.29 is 19.4 Å². The maximum atomic E-state index is 11.2. The monoisotopic (exact) mass is 382 g/mol. The molecule has 0 amide bonds. The fraction of sp³-hybridized carbons (Fsp3) is 0.267. The molecule has 1 N–H and O–H groups in total. The van der Waals surface area contributed by atoms with E-state index in [1.807, 2.05) is 12.5 Å². The number of ether oxygens (including phenoxy) is 2. The highest BCUT2D eigenvalue weighted by Gasteiger charge is 2.17. The molecule has 1 aromatic rings. The normalized spacial score (nSPS) is 24.1. The molecule has 10 heteroatoms. The van der Waals surface area contributed by atoms with Crippen LogP contribution < -0.4 is 9.47 Å². The second-order valence-corrected chi connectivity index (χ2v) is 9.20. The molecular formula is C15H18N4O4S2. The van der Waals surface area contributed by atoms with Crippen LogP contribution in [-0.2, 0) is 0 Å². The zero-order chi connectivity index (χ0) is 17.8. The van der Waals surface area contributed by atoms with Gasteiger partial charge in [0, 0.05) is 0 Å². The van der Waals surface area contributed by atoms with Crippen LogP contribution in [0.3, 0.4) is 0 Å². The fourth-order valence-electron chi connectivity index (χ4n) is 2.03. The molecule has 0 saturated carbocycles. The van der Waals surface area contributed by atoms with E-state index in [0.29, 0.717) is 11.5 Å². The predicted molar refractivity (Wildman–Crippen MR) is 106 cm³/mol. The van der Waals surface area contributed by atoms with E-state index < -0.39 is 27.8 Å². The number of carboxylic acids is 1. The predicted octanol–water partition coefficient (Wildman–Crippen LogP) is 2.12. The zero-order valence-electron chi connectivity index (χ0n) is 13.7. The van der Waals surface area contributed by atoms with Crippen molar-refractivity contribution >= 4 is 48.9 Å². The van der Waals surface area contributed by atoms with Crippen LogP contribution in [0.4, 0.5) is 0 Å². The van der Waals surface area contributed by atoms with Crippen molar-refractivity contribution in [1.82, 2.24) is 0 Å². The number of hydrogen-bond donors (Lipinski definition) is 3. The smallest absolute Gasteiger partial charge is 0.335 e. The van der Waals surface area contributed by atoms with Gasteiger partial charge < -0.3 is 14.6 Å². The quantitative estimate of drug-likeness (QED) is 0.628. The van der Waals surface area contributed by atoms with Gasteiger partial charge in [0.25, 0.3) is 0 Å². The molecule has 3 rings (SSSR count). The van der Waals surface area contributed by atoms with Gasteiger partial charge in [0.2, 0.25) is 0 Å². The number of carbonyl (C=O) groups is 1.